The lowest BCUT2D eigenvalue weighted by atomic mass is 10.0. The zero-order valence-electron chi connectivity index (χ0n) is 31.2. The zero-order chi connectivity index (χ0) is 39.1. The maximum Gasteiger partial charge on any atom is 0.323 e. The number of carboxylic acid groups (broad SMARTS) is 4. The third-order valence-electron chi connectivity index (χ3n) is 8.92. The van der Waals surface area contributed by atoms with Gasteiger partial charge >= 0.3 is 23.9 Å². The summed E-state index contributed by atoms with van der Waals surface area (Å²) in [6.07, 6.45) is 3.41. The molecule has 0 atom stereocenters. The number of rotatable bonds is 18. The Morgan fingerprint density at radius 1 is 0.596 bits per heavy atom. The smallest absolute Gasteiger partial charge is 0.323 e. The maximum absolute atomic E-state index is 13.5. The molecule has 2 fully saturated rings. The van der Waals surface area contributed by atoms with E-state index in [4.69, 9.17) is 0 Å². The van der Waals surface area contributed by atoms with Crippen LogP contribution in [0.5, 0.6) is 0 Å². The van der Waals surface area contributed by atoms with Crippen LogP contribution in [-0.2, 0) is 33.6 Å². The van der Waals surface area contributed by atoms with Gasteiger partial charge in [-0.25, -0.2) is 0 Å². The fourth-order valence-corrected chi connectivity index (χ4v) is 6.13. The lowest BCUT2D eigenvalue weighted by molar-refractivity contribution is -0.148. The molecule has 0 aromatic heterocycles. The molecule has 0 bridgehead atoms. The van der Waals surface area contributed by atoms with E-state index in [0.29, 0.717) is 32.5 Å². The third kappa shape index (κ3) is 19.7. The number of carbonyl (C=O) groups excluding carboxylic acids is 3. The van der Waals surface area contributed by atoms with Gasteiger partial charge in [0.05, 0.1) is 26.2 Å². The lowest BCUT2D eigenvalue weighted by Gasteiger charge is -2.39. The Hall–Kier alpha value is -3.87. The number of nitrogens with zero attached hydrogens (tertiary/aromatic N) is 6. The van der Waals surface area contributed by atoms with Crippen molar-refractivity contribution in [3.05, 3.63) is 0 Å². The van der Waals surface area contributed by atoms with Crippen molar-refractivity contribution in [2.75, 3.05) is 105 Å². The molecule has 2 aliphatic rings. The van der Waals surface area contributed by atoms with Crippen LogP contribution < -0.4 is 5.32 Å². The summed E-state index contributed by atoms with van der Waals surface area (Å²) in [7, 11) is 0. The van der Waals surface area contributed by atoms with E-state index in [9.17, 15) is 54.0 Å². The molecule has 2 rings (SSSR count). The van der Waals surface area contributed by atoms with Crippen molar-refractivity contribution < 1.29 is 54.0 Å². The summed E-state index contributed by atoms with van der Waals surface area (Å²) in [4.78, 5) is 94.6. The monoisotopic (exact) mass is 743 g/mol. The minimum absolute atomic E-state index is 0.0111. The minimum Gasteiger partial charge on any atom is -0.480 e. The predicted molar refractivity (Wildman–Crippen MR) is 191 cm³/mol. The van der Waals surface area contributed by atoms with Gasteiger partial charge in [-0.15, -0.1) is 0 Å². The number of nitrogens with one attached hydrogen (secondary N) is 1. The summed E-state index contributed by atoms with van der Waals surface area (Å²) >= 11 is 0. The van der Waals surface area contributed by atoms with Gasteiger partial charge in [0.15, 0.2) is 0 Å². The van der Waals surface area contributed by atoms with Gasteiger partial charge in [-0.05, 0) is 19.3 Å². The second kappa shape index (κ2) is 26.0. The van der Waals surface area contributed by atoms with Gasteiger partial charge in [0, 0.05) is 90.9 Å². The van der Waals surface area contributed by atoms with Crippen molar-refractivity contribution >= 4 is 41.6 Å². The van der Waals surface area contributed by atoms with Gasteiger partial charge in [0.1, 0.15) is 6.54 Å². The molecular formula is C34H61N7O11. The molecule has 0 aliphatic carbocycles. The summed E-state index contributed by atoms with van der Waals surface area (Å²) in [6, 6.07) is -0.410. The second-order valence-electron chi connectivity index (χ2n) is 12.9. The molecule has 0 spiro atoms. The van der Waals surface area contributed by atoms with Crippen LogP contribution in [0.3, 0.4) is 0 Å². The number of hydrogen-bond donors (Lipinski definition) is 5. The zero-order valence-corrected chi connectivity index (χ0v) is 31.2. The Morgan fingerprint density at radius 2 is 1.02 bits per heavy atom. The van der Waals surface area contributed by atoms with Crippen molar-refractivity contribution in [1.82, 2.24) is 34.7 Å². The number of unbranched alkanes of at least 4 members (excludes halogenated alkanes) is 2. The molecule has 298 valence electrons. The van der Waals surface area contributed by atoms with E-state index >= 15 is 0 Å². The van der Waals surface area contributed by atoms with E-state index in [1.54, 1.807) is 19.6 Å². The quantitative estimate of drug-likeness (QED) is 0.111. The highest BCUT2D eigenvalue weighted by Crippen LogP contribution is 2.19. The molecule has 3 amide bonds. The maximum atomic E-state index is 13.5. The van der Waals surface area contributed by atoms with Crippen molar-refractivity contribution in [2.24, 2.45) is 0 Å². The van der Waals surface area contributed by atoms with E-state index < -0.39 is 42.4 Å². The van der Waals surface area contributed by atoms with Crippen LogP contribution in [0.25, 0.3) is 0 Å². The average molecular weight is 744 g/mol. The molecule has 0 unspecified atom stereocenters. The molecule has 0 saturated carbocycles. The highest BCUT2D eigenvalue weighted by atomic mass is 16.4. The lowest BCUT2D eigenvalue weighted by Crippen LogP contribution is -2.53. The van der Waals surface area contributed by atoms with Crippen LogP contribution >= 0.6 is 0 Å². The minimum atomic E-state index is -1.17. The molecule has 18 nitrogen and oxygen atoms in total. The van der Waals surface area contributed by atoms with E-state index in [1.807, 2.05) is 18.7 Å². The number of likely N-dealkylation sites (tertiary alicyclic amines) is 1. The first-order valence-corrected chi connectivity index (χ1v) is 18.4. The molecule has 0 aromatic carbocycles. The van der Waals surface area contributed by atoms with Gasteiger partial charge in [-0.1, -0.05) is 33.6 Å². The summed E-state index contributed by atoms with van der Waals surface area (Å²) in [5.41, 5.74) is 0. The number of hydrogen-bond acceptors (Lipinski definition) is 11. The molecule has 2 aliphatic heterocycles. The average Bonchev–Trinajstić information content (AvgIpc) is 3.09. The Labute approximate surface area is 306 Å². The Balaban J connectivity index is 0.00000664. The van der Waals surface area contributed by atoms with Gasteiger partial charge in [0.2, 0.25) is 17.7 Å². The molecule has 2 saturated heterocycles. The van der Waals surface area contributed by atoms with Crippen molar-refractivity contribution in [3.63, 3.8) is 0 Å². The highest BCUT2D eigenvalue weighted by molar-refractivity contribution is 5.86. The van der Waals surface area contributed by atoms with E-state index in [-0.39, 0.29) is 103 Å². The number of carboxylic acids is 4. The van der Waals surface area contributed by atoms with E-state index in [1.165, 1.54) is 4.90 Å². The topological polar surface area (TPSA) is 232 Å². The van der Waals surface area contributed by atoms with Crippen LogP contribution in [0.4, 0.5) is 0 Å². The fraction of sp³-hybridized carbons (Fsp3) is 0.794. The predicted octanol–water partition coefficient (Wildman–Crippen LogP) is -0.521. The van der Waals surface area contributed by atoms with Crippen LogP contribution in [0.15, 0.2) is 0 Å². The Bertz CT molecular complexity index is 1120. The van der Waals surface area contributed by atoms with Crippen LogP contribution in [0, 0.1) is 0 Å². The first kappa shape index (κ1) is 46.2. The van der Waals surface area contributed by atoms with Gasteiger partial charge in [-0.3, -0.25) is 53.2 Å². The molecule has 52 heavy (non-hydrogen) atoms. The molecule has 2 heterocycles. The standard InChI is InChI=1S/C32H55N7O11.C2H6/c1-2-3-4-9-33-26(40)5-6-27(41)39(24-32(49)50)25-7-10-38(11-8-25)28(42)20-34-12-14-35(21-29(43)44)16-18-37(23-31(47)48)19-17-36(15-13-34)22-30(45)46;1-2/h25H,2-24H2,1H3,(H,33,40)(H,43,44)(H,45,46)(H,47,48)(H,49,50);1-2H3. The first-order valence-electron chi connectivity index (χ1n) is 18.4. The summed E-state index contributed by atoms with van der Waals surface area (Å²) in [6.45, 7) is 8.08. The Morgan fingerprint density at radius 3 is 1.40 bits per heavy atom. The largest absolute Gasteiger partial charge is 0.480 e. The second-order valence-corrected chi connectivity index (χ2v) is 12.9. The van der Waals surface area contributed by atoms with Crippen LogP contribution in [0.1, 0.15) is 65.7 Å². The fourth-order valence-electron chi connectivity index (χ4n) is 6.13. The molecule has 5 N–H and O–H groups in total. The number of amides is 3. The SMILES string of the molecule is CC.CCCCCNC(=O)CCC(=O)N(CC(=O)O)C1CCN(C(=O)CN2CCN(CC(=O)O)CCN(CC(=O)O)CCN(CC(=O)O)CC2)CC1. The van der Waals surface area contributed by atoms with Crippen molar-refractivity contribution in [1.29, 1.82) is 0 Å². The molecular weight excluding hydrogens is 682 g/mol. The number of piperidine rings is 1. The van der Waals surface area contributed by atoms with Gasteiger partial charge in [0.25, 0.3) is 0 Å². The molecule has 0 aromatic rings. The van der Waals surface area contributed by atoms with Gasteiger partial charge < -0.3 is 35.5 Å². The third-order valence-corrected chi connectivity index (χ3v) is 8.92. The van der Waals surface area contributed by atoms with Crippen molar-refractivity contribution in [3.8, 4) is 0 Å². The molecule has 0 radical (unpaired) electrons. The number of carbonyl (C=O) groups is 7. The highest BCUT2D eigenvalue weighted by Gasteiger charge is 2.32. The van der Waals surface area contributed by atoms with E-state index in [0.717, 1.165) is 19.3 Å². The van der Waals surface area contributed by atoms with Gasteiger partial charge in [-0.2, -0.15) is 0 Å². The van der Waals surface area contributed by atoms with Crippen LogP contribution in [0.2, 0.25) is 0 Å². The normalized spacial score (nSPS) is 17.5. The molecule has 18 heteroatoms. The first-order chi connectivity index (χ1) is 24.8. The summed E-state index contributed by atoms with van der Waals surface area (Å²) in [5.74, 6) is -5.18. The Kier molecular flexibility index (Phi) is 23.1. The number of aliphatic carboxylic acids is 4. The van der Waals surface area contributed by atoms with E-state index in [2.05, 4.69) is 12.2 Å². The summed E-state index contributed by atoms with van der Waals surface area (Å²) < 4.78 is 0. The summed E-state index contributed by atoms with van der Waals surface area (Å²) in [5, 5.41) is 40.5. The van der Waals surface area contributed by atoms with Crippen LogP contribution in [-0.4, -0.2) is 202 Å². The van der Waals surface area contributed by atoms with Crippen molar-refractivity contribution in [2.45, 2.75) is 71.8 Å².